The van der Waals surface area contributed by atoms with Gasteiger partial charge in [-0.3, -0.25) is 0 Å². The van der Waals surface area contributed by atoms with Crippen LogP contribution in [0.3, 0.4) is 0 Å². The summed E-state index contributed by atoms with van der Waals surface area (Å²) < 4.78 is 11.1. The van der Waals surface area contributed by atoms with Gasteiger partial charge in [-0.2, -0.15) is 0 Å². The number of fused-ring (bicyclic) bond motifs is 1. The number of phenolic OH excluding ortho intramolecular Hbond substituents is 1. The van der Waals surface area contributed by atoms with Crippen LogP contribution in [0.5, 0.6) is 5.75 Å². The van der Waals surface area contributed by atoms with Crippen LogP contribution in [0.1, 0.15) is 20.3 Å². The van der Waals surface area contributed by atoms with Crippen molar-refractivity contribution >= 4 is 22.5 Å². The van der Waals surface area contributed by atoms with Crippen LogP contribution in [0.25, 0.3) is 10.8 Å². The molecule has 0 aliphatic rings. The molecule has 2 rings (SSSR count). The van der Waals surface area contributed by atoms with Crippen molar-refractivity contribution in [2.75, 3.05) is 19.0 Å². The van der Waals surface area contributed by atoms with E-state index >= 15 is 0 Å². The number of hydrogen-bond donors (Lipinski definition) is 1. The zero-order valence-electron chi connectivity index (χ0n) is 12.5. The Hall–Kier alpha value is -1.23. The Balaban J connectivity index is 2.02. The van der Waals surface area contributed by atoms with Gasteiger partial charge in [0.05, 0.1) is 0 Å². The average Bonchev–Trinajstić information content (AvgIpc) is 2.50. The van der Waals surface area contributed by atoms with Crippen LogP contribution in [0.4, 0.5) is 0 Å². The lowest BCUT2D eigenvalue weighted by molar-refractivity contribution is -0.136. The second-order valence-corrected chi connectivity index (χ2v) is 5.74. The normalized spacial score (nSPS) is 11.4. The summed E-state index contributed by atoms with van der Waals surface area (Å²) in [5, 5.41) is 11.9. The largest absolute Gasteiger partial charge is 0.507 e. The molecule has 2 aromatic carbocycles. The van der Waals surface area contributed by atoms with Crippen LogP contribution in [0.2, 0.25) is 0 Å². The quantitative estimate of drug-likeness (QED) is 0.578. The van der Waals surface area contributed by atoms with Crippen molar-refractivity contribution in [1.82, 2.24) is 0 Å². The first kappa shape index (κ1) is 16.1. The summed E-state index contributed by atoms with van der Waals surface area (Å²) in [5.41, 5.74) is 0. The molecule has 4 heteroatoms. The third kappa shape index (κ3) is 4.37. The van der Waals surface area contributed by atoms with Gasteiger partial charge in [-0.15, -0.1) is 11.8 Å². The molecule has 0 radical (unpaired) electrons. The van der Waals surface area contributed by atoms with Crippen molar-refractivity contribution in [3.63, 3.8) is 0 Å². The summed E-state index contributed by atoms with van der Waals surface area (Å²) in [6.45, 7) is 5.29. The molecule has 0 aromatic heterocycles. The molecule has 114 valence electrons. The van der Waals surface area contributed by atoms with Crippen molar-refractivity contribution in [3.8, 4) is 5.75 Å². The highest BCUT2D eigenvalue weighted by atomic mass is 32.2. The zero-order valence-corrected chi connectivity index (χ0v) is 13.4. The lowest BCUT2D eigenvalue weighted by Gasteiger charge is -2.16. The molecule has 0 spiro atoms. The zero-order chi connectivity index (χ0) is 15.1. The van der Waals surface area contributed by atoms with Gasteiger partial charge in [0, 0.05) is 35.7 Å². The fraction of sp³-hybridized carbons (Fsp3) is 0.412. The van der Waals surface area contributed by atoms with Gasteiger partial charge in [0.1, 0.15) is 5.75 Å². The van der Waals surface area contributed by atoms with Crippen LogP contribution in [0.15, 0.2) is 41.3 Å². The van der Waals surface area contributed by atoms with Crippen molar-refractivity contribution in [3.05, 3.63) is 36.4 Å². The summed E-state index contributed by atoms with van der Waals surface area (Å²) >= 11 is 1.77. The lowest BCUT2D eigenvalue weighted by Crippen LogP contribution is -2.18. The number of rotatable bonds is 8. The first-order chi connectivity index (χ1) is 10.3. The highest BCUT2D eigenvalue weighted by Crippen LogP contribution is 2.33. The molecule has 0 fully saturated rings. The van der Waals surface area contributed by atoms with Gasteiger partial charge in [0.15, 0.2) is 6.29 Å². The van der Waals surface area contributed by atoms with Gasteiger partial charge in [0.25, 0.3) is 0 Å². The van der Waals surface area contributed by atoms with E-state index in [1.165, 1.54) is 4.90 Å². The van der Waals surface area contributed by atoms with Gasteiger partial charge in [0.2, 0.25) is 0 Å². The van der Waals surface area contributed by atoms with Gasteiger partial charge in [-0.1, -0.05) is 24.3 Å². The SMILES string of the molecule is CCOC(CCSc1ccc(O)c2ccccc12)OCC. The van der Waals surface area contributed by atoms with Crippen LogP contribution in [0, 0.1) is 0 Å². The van der Waals surface area contributed by atoms with E-state index in [4.69, 9.17) is 9.47 Å². The van der Waals surface area contributed by atoms with Crippen molar-refractivity contribution in [2.24, 2.45) is 0 Å². The maximum atomic E-state index is 9.90. The number of phenols is 1. The number of thioether (sulfide) groups is 1. The Morgan fingerprint density at radius 1 is 1.00 bits per heavy atom. The van der Waals surface area contributed by atoms with Crippen LogP contribution in [-0.4, -0.2) is 30.4 Å². The predicted molar refractivity (Wildman–Crippen MR) is 88.0 cm³/mol. The molecule has 0 heterocycles. The minimum Gasteiger partial charge on any atom is -0.507 e. The highest BCUT2D eigenvalue weighted by Gasteiger charge is 2.09. The topological polar surface area (TPSA) is 38.7 Å². The summed E-state index contributed by atoms with van der Waals surface area (Å²) in [5.74, 6) is 1.25. The third-order valence-corrected chi connectivity index (χ3v) is 4.28. The minimum absolute atomic E-state index is 0.129. The molecule has 0 saturated carbocycles. The van der Waals surface area contributed by atoms with E-state index in [2.05, 4.69) is 0 Å². The van der Waals surface area contributed by atoms with Gasteiger partial charge >= 0.3 is 0 Å². The molecule has 2 aromatic rings. The Morgan fingerprint density at radius 3 is 2.33 bits per heavy atom. The molecule has 0 atom stereocenters. The van der Waals surface area contributed by atoms with Gasteiger partial charge in [-0.05, 0) is 31.4 Å². The summed E-state index contributed by atoms with van der Waals surface area (Å²) in [7, 11) is 0. The maximum Gasteiger partial charge on any atom is 0.158 e. The van der Waals surface area contributed by atoms with Crippen LogP contribution >= 0.6 is 11.8 Å². The molecule has 0 saturated heterocycles. The fourth-order valence-electron chi connectivity index (χ4n) is 2.23. The van der Waals surface area contributed by atoms with Crippen molar-refractivity contribution in [2.45, 2.75) is 31.5 Å². The number of ether oxygens (including phenoxy) is 2. The van der Waals surface area contributed by atoms with Crippen LogP contribution < -0.4 is 0 Å². The first-order valence-corrected chi connectivity index (χ1v) is 8.31. The number of hydrogen-bond acceptors (Lipinski definition) is 4. The Labute approximate surface area is 130 Å². The van der Waals surface area contributed by atoms with Gasteiger partial charge in [-0.25, -0.2) is 0 Å². The van der Waals surface area contributed by atoms with Crippen LogP contribution in [-0.2, 0) is 9.47 Å². The fourth-order valence-corrected chi connectivity index (χ4v) is 3.26. The first-order valence-electron chi connectivity index (χ1n) is 7.33. The summed E-state index contributed by atoms with van der Waals surface area (Å²) in [6.07, 6.45) is 0.720. The average molecular weight is 306 g/mol. The maximum absolute atomic E-state index is 9.90. The molecule has 0 unspecified atom stereocenters. The monoisotopic (exact) mass is 306 g/mol. The van der Waals surface area contributed by atoms with E-state index in [-0.39, 0.29) is 6.29 Å². The molecule has 3 nitrogen and oxygen atoms in total. The van der Waals surface area contributed by atoms with E-state index < -0.39 is 0 Å². The van der Waals surface area contributed by atoms with Crippen molar-refractivity contribution < 1.29 is 14.6 Å². The molecular formula is C17H22O3S. The molecule has 0 bridgehead atoms. The number of benzene rings is 2. The van der Waals surface area contributed by atoms with E-state index in [1.807, 2.05) is 44.2 Å². The van der Waals surface area contributed by atoms with E-state index in [0.717, 1.165) is 22.9 Å². The summed E-state index contributed by atoms with van der Waals surface area (Å²) in [4.78, 5) is 1.18. The Morgan fingerprint density at radius 2 is 1.67 bits per heavy atom. The molecular weight excluding hydrogens is 284 g/mol. The van der Waals surface area contributed by atoms with E-state index in [0.29, 0.717) is 19.0 Å². The van der Waals surface area contributed by atoms with Gasteiger partial charge < -0.3 is 14.6 Å². The van der Waals surface area contributed by atoms with Crippen molar-refractivity contribution in [1.29, 1.82) is 0 Å². The Kier molecular flexibility index (Phi) is 6.36. The predicted octanol–water partition coefficient (Wildman–Crippen LogP) is 4.43. The summed E-state index contributed by atoms with van der Waals surface area (Å²) in [6, 6.07) is 11.6. The smallest absolute Gasteiger partial charge is 0.158 e. The second-order valence-electron chi connectivity index (χ2n) is 4.61. The van der Waals surface area contributed by atoms with E-state index in [9.17, 15) is 5.11 Å². The minimum atomic E-state index is -0.129. The third-order valence-electron chi connectivity index (χ3n) is 3.18. The molecule has 0 aliphatic carbocycles. The molecule has 1 N–H and O–H groups in total. The lowest BCUT2D eigenvalue weighted by atomic mass is 10.1. The molecule has 0 amide bonds. The van der Waals surface area contributed by atoms with E-state index in [1.54, 1.807) is 17.8 Å². The number of aromatic hydroxyl groups is 1. The molecule has 0 aliphatic heterocycles. The second kappa shape index (κ2) is 8.27. The molecule has 21 heavy (non-hydrogen) atoms. The Bertz CT molecular complexity index is 565. The highest BCUT2D eigenvalue weighted by molar-refractivity contribution is 7.99. The standard InChI is InChI=1S/C17H22O3S/c1-3-19-17(20-4-2)11-12-21-16-10-9-15(18)13-7-5-6-8-14(13)16/h5-10,17-18H,3-4,11-12H2,1-2H3.